The molecule has 8 heteroatoms. The van der Waals surface area contributed by atoms with Gasteiger partial charge in [-0.2, -0.15) is 0 Å². The van der Waals surface area contributed by atoms with E-state index >= 15 is 0 Å². The smallest absolute Gasteiger partial charge is 0.380 e. The molecule has 1 aliphatic heterocycles. The van der Waals surface area contributed by atoms with Crippen molar-refractivity contribution in [1.29, 1.82) is 0 Å². The number of fused-ring (bicyclic) bond motifs is 6. The van der Waals surface area contributed by atoms with E-state index in [1.54, 1.807) is 0 Å². The highest BCUT2D eigenvalue weighted by Crippen LogP contribution is 2.42. The number of aromatic hydroxyl groups is 1. The summed E-state index contributed by atoms with van der Waals surface area (Å²) in [5.41, 5.74) is -0.00735. The number of rotatable bonds is 3. The van der Waals surface area contributed by atoms with Crippen LogP contribution in [-0.4, -0.2) is 25.4 Å². The maximum Gasteiger partial charge on any atom is 0.380 e. The van der Waals surface area contributed by atoms with Crippen molar-refractivity contribution in [2.45, 2.75) is 19.4 Å². The Morgan fingerprint density at radius 1 is 1.06 bits per heavy atom. The third-order valence-electron chi connectivity index (χ3n) is 5.56. The van der Waals surface area contributed by atoms with Gasteiger partial charge in [0, 0.05) is 29.5 Å². The van der Waals surface area contributed by atoms with Gasteiger partial charge >= 0.3 is 5.63 Å². The molecule has 0 unspecified atom stereocenters. The third kappa shape index (κ3) is 2.61. The zero-order valence-electron chi connectivity index (χ0n) is 17.0. The van der Waals surface area contributed by atoms with Crippen LogP contribution in [0.2, 0.25) is 0 Å². The molecule has 0 saturated carbocycles. The van der Waals surface area contributed by atoms with Crippen LogP contribution in [-0.2, 0) is 6.42 Å². The standard InChI is InChI=1S/C23H18O8/c1-9(2)13-6-11-14(29-13)7-12(24)19-20(25)18-10-5-16(27-3)17(28-4)8-15(10)30-23(26)22(18)31-21(11)19/h5,7-8,13,24H,1,6H2,2-4H3/t13-/m1/s1. The van der Waals surface area contributed by atoms with Crippen molar-refractivity contribution in [3.05, 3.63) is 56.6 Å². The Balaban J connectivity index is 1.95. The third-order valence-corrected chi connectivity index (χ3v) is 5.56. The molecule has 0 bridgehead atoms. The zero-order chi connectivity index (χ0) is 22.0. The molecule has 31 heavy (non-hydrogen) atoms. The van der Waals surface area contributed by atoms with Gasteiger partial charge in [0.2, 0.25) is 11.0 Å². The van der Waals surface area contributed by atoms with Gasteiger partial charge in [-0.1, -0.05) is 6.58 Å². The van der Waals surface area contributed by atoms with Crippen LogP contribution in [0.25, 0.3) is 32.9 Å². The van der Waals surface area contributed by atoms with Crippen molar-refractivity contribution in [2.75, 3.05) is 14.2 Å². The van der Waals surface area contributed by atoms with Crippen molar-refractivity contribution < 1.29 is 28.2 Å². The molecule has 2 aromatic heterocycles. The van der Waals surface area contributed by atoms with Gasteiger partial charge in [0.05, 0.1) is 19.6 Å². The molecule has 0 fully saturated rings. The first-order chi connectivity index (χ1) is 14.8. The van der Waals surface area contributed by atoms with E-state index in [2.05, 4.69) is 6.58 Å². The minimum atomic E-state index is -0.818. The van der Waals surface area contributed by atoms with E-state index in [0.717, 1.165) is 5.57 Å². The lowest BCUT2D eigenvalue weighted by atomic mass is 10.0. The number of ether oxygens (including phenoxy) is 3. The predicted molar refractivity (Wildman–Crippen MR) is 114 cm³/mol. The summed E-state index contributed by atoms with van der Waals surface area (Å²) < 4.78 is 27.7. The topological polar surface area (TPSA) is 108 Å². The van der Waals surface area contributed by atoms with Gasteiger partial charge in [-0.3, -0.25) is 4.79 Å². The number of methoxy groups -OCH3 is 2. The fourth-order valence-corrected chi connectivity index (χ4v) is 4.00. The fourth-order valence-electron chi connectivity index (χ4n) is 4.00. The largest absolute Gasteiger partial charge is 0.507 e. The summed E-state index contributed by atoms with van der Waals surface area (Å²) in [6.07, 6.45) is 0.0885. The number of phenolic OH excluding ortho intramolecular Hbond substituents is 1. The maximum absolute atomic E-state index is 13.5. The van der Waals surface area contributed by atoms with Gasteiger partial charge in [-0.25, -0.2) is 4.79 Å². The van der Waals surface area contributed by atoms with E-state index in [9.17, 15) is 14.7 Å². The summed E-state index contributed by atoms with van der Waals surface area (Å²) in [5.74, 6) is 0.776. The lowest BCUT2D eigenvalue weighted by Gasteiger charge is -2.11. The highest BCUT2D eigenvalue weighted by atomic mass is 16.5. The quantitative estimate of drug-likeness (QED) is 0.231. The molecule has 1 aliphatic rings. The molecule has 158 valence electrons. The Morgan fingerprint density at radius 3 is 2.45 bits per heavy atom. The summed E-state index contributed by atoms with van der Waals surface area (Å²) in [5, 5.41) is 10.9. The Bertz CT molecular complexity index is 1540. The number of phenols is 1. The average Bonchev–Trinajstić information content (AvgIpc) is 3.17. The van der Waals surface area contributed by atoms with Crippen LogP contribution in [0.5, 0.6) is 23.0 Å². The minimum Gasteiger partial charge on any atom is -0.507 e. The second kappa shape index (κ2) is 6.53. The monoisotopic (exact) mass is 422 g/mol. The van der Waals surface area contributed by atoms with Crippen LogP contribution in [0.3, 0.4) is 0 Å². The molecular weight excluding hydrogens is 404 g/mol. The Morgan fingerprint density at radius 2 is 1.77 bits per heavy atom. The first-order valence-electron chi connectivity index (χ1n) is 9.50. The Labute approximate surface area is 174 Å². The SMILES string of the molecule is C=C(C)[C@H]1Cc2c(cc(O)c3c(=O)c4c(oc23)c(=O)oc2cc(OC)c(OC)cc24)O1. The predicted octanol–water partition coefficient (Wildman–Crippen LogP) is 3.66. The summed E-state index contributed by atoms with van der Waals surface area (Å²) in [4.78, 5) is 26.2. The van der Waals surface area contributed by atoms with Gasteiger partial charge in [0.15, 0.2) is 11.5 Å². The van der Waals surface area contributed by atoms with Crippen molar-refractivity contribution in [1.82, 2.24) is 0 Å². The summed E-state index contributed by atoms with van der Waals surface area (Å²) in [6, 6.07) is 4.39. The second-order valence-corrected chi connectivity index (χ2v) is 7.46. The number of hydrogen-bond acceptors (Lipinski definition) is 8. The lowest BCUT2D eigenvalue weighted by Crippen LogP contribution is -2.13. The first-order valence-corrected chi connectivity index (χ1v) is 9.50. The van der Waals surface area contributed by atoms with E-state index in [4.69, 9.17) is 23.0 Å². The molecule has 2 aromatic carbocycles. The normalized spacial score (nSPS) is 15.3. The molecule has 8 nitrogen and oxygen atoms in total. The molecule has 3 heterocycles. The molecule has 0 aliphatic carbocycles. The molecule has 1 atom stereocenters. The Kier molecular flexibility index (Phi) is 4.01. The second-order valence-electron chi connectivity index (χ2n) is 7.46. The van der Waals surface area contributed by atoms with Crippen LogP contribution >= 0.6 is 0 Å². The van der Waals surface area contributed by atoms with Gasteiger partial charge in [-0.05, 0) is 18.6 Å². The van der Waals surface area contributed by atoms with E-state index in [1.807, 2.05) is 6.92 Å². The number of hydrogen-bond donors (Lipinski definition) is 1. The van der Waals surface area contributed by atoms with Crippen LogP contribution in [0, 0.1) is 0 Å². The van der Waals surface area contributed by atoms with Crippen LogP contribution in [0.15, 0.2) is 48.8 Å². The minimum absolute atomic E-state index is 0.00896. The van der Waals surface area contributed by atoms with Crippen molar-refractivity contribution >= 4 is 32.9 Å². The molecule has 0 amide bonds. The van der Waals surface area contributed by atoms with Gasteiger partial charge in [0.25, 0.3) is 0 Å². The molecule has 0 radical (unpaired) electrons. The highest BCUT2D eigenvalue weighted by Gasteiger charge is 2.30. The fraction of sp³-hybridized carbons (Fsp3) is 0.217. The first kappa shape index (κ1) is 19.0. The molecule has 4 aromatic rings. The maximum atomic E-state index is 13.5. The van der Waals surface area contributed by atoms with Crippen LogP contribution in [0.1, 0.15) is 12.5 Å². The summed E-state index contributed by atoms with van der Waals surface area (Å²) >= 11 is 0. The lowest BCUT2D eigenvalue weighted by molar-refractivity contribution is 0.270. The van der Waals surface area contributed by atoms with Gasteiger partial charge in [0.1, 0.15) is 34.2 Å². The molecule has 0 spiro atoms. The highest BCUT2D eigenvalue weighted by molar-refractivity contribution is 6.07. The van der Waals surface area contributed by atoms with Crippen molar-refractivity contribution in [3.63, 3.8) is 0 Å². The molecule has 5 rings (SSSR count). The number of benzene rings is 2. The zero-order valence-corrected chi connectivity index (χ0v) is 17.0. The van der Waals surface area contributed by atoms with Crippen LogP contribution in [0.4, 0.5) is 0 Å². The van der Waals surface area contributed by atoms with Crippen molar-refractivity contribution in [2.24, 2.45) is 0 Å². The molecule has 1 N–H and O–H groups in total. The summed E-state index contributed by atoms with van der Waals surface area (Å²) in [6.45, 7) is 5.73. The van der Waals surface area contributed by atoms with E-state index in [0.29, 0.717) is 34.6 Å². The average molecular weight is 422 g/mol. The Hall–Kier alpha value is -3.94. The van der Waals surface area contributed by atoms with E-state index < -0.39 is 11.1 Å². The van der Waals surface area contributed by atoms with Crippen LogP contribution < -0.4 is 25.3 Å². The summed E-state index contributed by atoms with van der Waals surface area (Å²) in [7, 11) is 2.90. The van der Waals surface area contributed by atoms with E-state index in [1.165, 1.54) is 32.4 Å². The van der Waals surface area contributed by atoms with Gasteiger partial charge in [-0.15, -0.1) is 0 Å². The molecule has 0 saturated heterocycles. The van der Waals surface area contributed by atoms with E-state index in [-0.39, 0.29) is 39.4 Å². The van der Waals surface area contributed by atoms with Gasteiger partial charge < -0.3 is 28.2 Å². The van der Waals surface area contributed by atoms with Crippen molar-refractivity contribution in [3.8, 4) is 23.0 Å². The molecular formula is C23H18O8.